The fraction of sp³-hybridized carbons (Fsp3) is 0.250. The first-order valence-electron chi connectivity index (χ1n) is 7.83. The molecule has 0 radical (unpaired) electrons. The van der Waals surface area contributed by atoms with Crippen molar-refractivity contribution in [2.24, 2.45) is 5.73 Å². The highest BCUT2D eigenvalue weighted by molar-refractivity contribution is 5.92. The predicted molar refractivity (Wildman–Crippen MR) is 90.2 cm³/mol. The first kappa shape index (κ1) is 19.2. The summed E-state index contributed by atoms with van der Waals surface area (Å²) in [5.41, 5.74) is 5.20. The maximum Gasteiger partial charge on any atom is 0.405 e. The number of pyridine rings is 1. The van der Waals surface area contributed by atoms with Crippen LogP contribution in [0.1, 0.15) is 18.2 Å². The van der Waals surface area contributed by atoms with Crippen LogP contribution in [0.2, 0.25) is 0 Å². The number of nitrogens with zero attached hydrogens (tertiary/aromatic N) is 5. The van der Waals surface area contributed by atoms with E-state index in [0.29, 0.717) is 22.2 Å². The Morgan fingerprint density at radius 1 is 1.39 bits per heavy atom. The zero-order valence-electron chi connectivity index (χ0n) is 14.4. The molecule has 0 fully saturated rings. The summed E-state index contributed by atoms with van der Waals surface area (Å²) >= 11 is 0. The van der Waals surface area contributed by atoms with Crippen molar-refractivity contribution in [2.45, 2.75) is 18.6 Å². The van der Waals surface area contributed by atoms with Crippen molar-refractivity contribution >= 4 is 16.9 Å². The van der Waals surface area contributed by atoms with Gasteiger partial charge >= 0.3 is 6.18 Å². The number of nitriles is 1. The second-order valence-corrected chi connectivity index (χ2v) is 6.10. The summed E-state index contributed by atoms with van der Waals surface area (Å²) < 4.78 is 37.0. The summed E-state index contributed by atoms with van der Waals surface area (Å²) in [6.07, 6.45) is -0.544. The molecule has 0 bridgehead atoms. The van der Waals surface area contributed by atoms with Gasteiger partial charge in [-0.25, -0.2) is 9.97 Å². The van der Waals surface area contributed by atoms with E-state index in [4.69, 9.17) is 11.0 Å². The molecule has 3 aromatic heterocycles. The molecule has 0 aliphatic heterocycles. The SMILES string of the molecule is C[C@@](N)(C(=O)NCC(F)(F)F)c1cnnc(-c2c[nH]c3ncc(C#N)cc23)n1. The molecule has 3 aromatic rings. The number of rotatable bonds is 4. The summed E-state index contributed by atoms with van der Waals surface area (Å²) in [4.78, 5) is 23.3. The molecule has 0 aliphatic carbocycles. The van der Waals surface area contributed by atoms with E-state index in [1.54, 1.807) is 11.4 Å². The number of fused-ring (bicyclic) bond motifs is 1. The molecular formula is C16H13F3N8O. The number of H-pyrrole nitrogens is 1. The van der Waals surface area contributed by atoms with Gasteiger partial charge in [0.1, 0.15) is 23.8 Å². The lowest BCUT2D eigenvalue weighted by molar-refractivity contribution is -0.141. The number of aromatic amines is 1. The van der Waals surface area contributed by atoms with Crippen molar-refractivity contribution < 1.29 is 18.0 Å². The van der Waals surface area contributed by atoms with Crippen LogP contribution < -0.4 is 11.1 Å². The minimum atomic E-state index is -4.57. The smallest absolute Gasteiger partial charge is 0.345 e. The molecule has 1 amide bonds. The maximum absolute atomic E-state index is 12.3. The minimum Gasteiger partial charge on any atom is -0.345 e. The third-order valence-electron chi connectivity index (χ3n) is 3.91. The van der Waals surface area contributed by atoms with E-state index in [1.807, 2.05) is 6.07 Å². The lowest BCUT2D eigenvalue weighted by Gasteiger charge is -2.23. The van der Waals surface area contributed by atoms with Gasteiger partial charge in [0, 0.05) is 23.3 Å². The monoisotopic (exact) mass is 390 g/mol. The fourth-order valence-electron chi connectivity index (χ4n) is 2.40. The second kappa shape index (κ2) is 6.86. The zero-order valence-corrected chi connectivity index (χ0v) is 14.4. The number of halogens is 3. The standard InChI is InChI=1S/C16H13F3N8O/c1-15(21,14(28)24-7-16(17,18)19)11-6-25-27-13(26-11)10-5-23-12-9(10)2-8(3-20)4-22-12/h2,4-6H,7,21H2,1H3,(H,22,23)(H,24,28)/t15-/m0/s1. The van der Waals surface area contributed by atoms with Crippen LogP contribution in [-0.4, -0.2) is 43.8 Å². The third kappa shape index (κ3) is 3.74. The van der Waals surface area contributed by atoms with Gasteiger partial charge in [0.05, 0.1) is 17.5 Å². The Bertz CT molecular complexity index is 1080. The molecule has 0 spiro atoms. The molecule has 0 aromatic carbocycles. The van der Waals surface area contributed by atoms with Gasteiger partial charge in [-0.2, -0.15) is 23.5 Å². The maximum atomic E-state index is 12.3. The van der Waals surface area contributed by atoms with Gasteiger partial charge in [-0.3, -0.25) is 4.79 Å². The number of nitrogens with two attached hydrogens (primary N) is 1. The number of hydrogen-bond donors (Lipinski definition) is 3. The van der Waals surface area contributed by atoms with Crippen LogP contribution in [0.25, 0.3) is 22.4 Å². The van der Waals surface area contributed by atoms with Gasteiger partial charge in [-0.05, 0) is 13.0 Å². The first-order chi connectivity index (χ1) is 13.1. The molecule has 0 aliphatic rings. The number of alkyl halides is 3. The molecule has 3 rings (SSSR count). The van der Waals surface area contributed by atoms with Gasteiger partial charge < -0.3 is 16.0 Å². The largest absolute Gasteiger partial charge is 0.405 e. The molecule has 28 heavy (non-hydrogen) atoms. The van der Waals surface area contributed by atoms with Crippen molar-refractivity contribution in [3.8, 4) is 17.5 Å². The fourth-order valence-corrected chi connectivity index (χ4v) is 2.40. The Morgan fingerprint density at radius 2 is 2.14 bits per heavy atom. The highest BCUT2D eigenvalue weighted by Crippen LogP contribution is 2.26. The summed E-state index contributed by atoms with van der Waals surface area (Å²) in [6, 6.07) is 3.54. The van der Waals surface area contributed by atoms with E-state index in [1.165, 1.54) is 19.3 Å². The van der Waals surface area contributed by atoms with Crippen molar-refractivity contribution in [3.05, 3.63) is 35.9 Å². The average molecular weight is 390 g/mol. The number of carbonyl (C=O) groups is 1. The van der Waals surface area contributed by atoms with Gasteiger partial charge in [0.15, 0.2) is 5.82 Å². The second-order valence-electron chi connectivity index (χ2n) is 6.10. The van der Waals surface area contributed by atoms with Crippen LogP contribution in [0, 0.1) is 11.3 Å². The van der Waals surface area contributed by atoms with E-state index in [9.17, 15) is 18.0 Å². The normalized spacial score (nSPS) is 13.7. The Balaban J connectivity index is 1.96. The van der Waals surface area contributed by atoms with E-state index in [0.717, 1.165) is 6.20 Å². The first-order valence-corrected chi connectivity index (χ1v) is 7.83. The third-order valence-corrected chi connectivity index (χ3v) is 3.91. The van der Waals surface area contributed by atoms with Gasteiger partial charge in [0.25, 0.3) is 0 Å². The quantitative estimate of drug-likeness (QED) is 0.605. The van der Waals surface area contributed by atoms with Crippen LogP contribution in [0.5, 0.6) is 0 Å². The topological polar surface area (TPSA) is 146 Å². The van der Waals surface area contributed by atoms with Gasteiger partial charge in [-0.1, -0.05) is 0 Å². The van der Waals surface area contributed by atoms with Crippen molar-refractivity contribution in [3.63, 3.8) is 0 Å². The summed E-state index contributed by atoms with van der Waals surface area (Å²) in [5, 5.41) is 18.9. The molecule has 9 nitrogen and oxygen atoms in total. The number of amides is 1. The summed E-state index contributed by atoms with van der Waals surface area (Å²) in [5.74, 6) is -0.996. The van der Waals surface area contributed by atoms with Gasteiger partial charge in [-0.15, -0.1) is 5.10 Å². The van der Waals surface area contributed by atoms with Crippen LogP contribution >= 0.6 is 0 Å². The van der Waals surface area contributed by atoms with Crippen LogP contribution in [0.15, 0.2) is 24.7 Å². The van der Waals surface area contributed by atoms with Crippen LogP contribution in [0.4, 0.5) is 13.2 Å². The van der Waals surface area contributed by atoms with Gasteiger partial charge in [0.2, 0.25) is 5.91 Å². The van der Waals surface area contributed by atoms with Crippen LogP contribution in [-0.2, 0) is 10.3 Å². The Kier molecular flexibility index (Phi) is 4.70. The molecule has 1 atom stereocenters. The molecule has 144 valence electrons. The highest BCUT2D eigenvalue weighted by Gasteiger charge is 2.36. The molecule has 12 heteroatoms. The predicted octanol–water partition coefficient (Wildman–Crippen LogP) is 1.14. The Labute approximate surface area is 155 Å². The summed E-state index contributed by atoms with van der Waals surface area (Å²) in [6.45, 7) is -0.299. The number of hydrogen-bond acceptors (Lipinski definition) is 7. The number of nitrogens with one attached hydrogen (secondary N) is 2. The molecule has 4 N–H and O–H groups in total. The highest BCUT2D eigenvalue weighted by atomic mass is 19.4. The van der Waals surface area contributed by atoms with Crippen molar-refractivity contribution in [2.75, 3.05) is 6.54 Å². The summed E-state index contributed by atoms with van der Waals surface area (Å²) in [7, 11) is 0. The zero-order chi connectivity index (χ0) is 20.5. The molecule has 0 unspecified atom stereocenters. The Hall–Kier alpha value is -3.59. The Morgan fingerprint density at radius 3 is 2.82 bits per heavy atom. The lowest BCUT2D eigenvalue weighted by atomic mass is 9.98. The molecule has 0 saturated carbocycles. The van der Waals surface area contributed by atoms with Crippen LogP contribution in [0.3, 0.4) is 0 Å². The average Bonchev–Trinajstić information content (AvgIpc) is 3.08. The molecule has 3 heterocycles. The number of aromatic nitrogens is 5. The van der Waals surface area contributed by atoms with E-state index in [-0.39, 0.29) is 11.5 Å². The minimum absolute atomic E-state index is 0.0703. The van der Waals surface area contributed by atoms with Crippen molar-refractivity contribution in [1.82, 2.24) is 30.5 Å². The molecule has 0 saturated heterocycles. The van der Waals surface area contributed by atoms with E-state index in [2.05, 4.69) is 25.1 Å². The number of carbonyl (C=O) groups excluding carboxylic acids is 1. The molecular weight excluding hydrogens is 377 g/mol. The van der Waals surface area contributed by atoms with E-state index >= 15 is 0 Å². The lowest BCUT2D eigenvalue weighted by Crippen LogP contribution is -2.51. The van der Waals surface area contributed by atoms with E-state index < -0.39 is 24.2 Å². The van der Waals surface area contributed by atoms with Crippen molar-refractivity contribution in [1.29, 1.82) is 5.26 Å².